The van der Waals surface area contributed by atoms with Gasteiger partial charge in [0.05, 0.1) is 0 Å². The number of benzene rings is 1. The van der Waals surface area contributed by atoms with Gasteiger partial charge in [0.15, 0.2) is 0 Å². The second kappa shape index (κ2) is 6.11. The molecule has 2 atom stereocenters. The summed E-state index contributed by atoms with van der Waals surface area (Å²) in [5.74, 6) is 0.733. The molecule has 0 radical (unpaired) electrons. The zero-order valence-corrected chi connectivity index (χ0v) is 12.8. The molecule has 5 nitrogen and oxygen atoms in total. The van der Waals surface area contributed by atoms with Crippen molar-refractivity contribution >= 4 is 10.0 Å². The standard InChI is InChI=1S/C14H22N2O3S/c1-16(2)20(17,18)14-9-4-3-7-13(14)19-12-8-5-6-11(12)10-15/h3-4,7,9,11-12H,5-6,8,10,15H2,1-2H3. The average Bonchev–Trinajstić information content (AvgIpc) is 2.86. The molecule has 0 heterocycles. The van der Waals surface area contributed by atoms with Crippen molar-refractivity contribution in [3.63, 3.8) is 0 Å². The summed E-state index contributed by atoms with van der Waals surface area (Å²) in [6, 6.07) is 6.79. The van der Waals surface area contributed by atoms with E-state index < -0.39 is 10.0 Å². The van der Waals surface area contributed by atoms with Crippen LogP contribution < -0.4 is 10.5 Å². The number of rotatable bonds is 5. The van der Waals surface area contributed by atoms with Gasteiger partial charge in [-0.15, -0.1) is 0 Å². The highest BCUT2D eigenvalue weighted by molar-refractivity contribution is 7.89. The van der Waals surface area contributed by atoms with E-state index in [2.05, 4.69) is 0 Å². The van der Waals surface area contributed by atoms with Crippen LogP contribution in [0.2, 0.25) is 0 Å². The van der Waals surface area contributed by atoms with Crippen LogP contribution in [-0.2, 0) is 10.0 Å². The molecule has 1 aromatic carbocycles. The molecule has 112 valence electrons. The molecule has 0 aliphatic heterocycles. The van der Waals surface area contributed by atoms with Crippen LogP contribution in [0.3, 0.4) is 0 Å². The Hall–Kier alpha value is -1.11. The van der Waals surface area contributed by atoms with Crippen LogP contribution in [0.1, 0.15) is 19.3 Å². The number of nitrogens with zero attached hydrogens (tertiary/aromatic N) is 1. The normalized spacial score (nSPS) is 23.2. The van der Waals surface area contributed by atoms with Crippen molar-refractivity contribution in [2.24, 2.45) is 11.7 Å². The Bertz CT molecular complexity index is 557. The monoisotopic (exact) mass is 298 g/mol. The SMILES string of the molecule is CN(C)S(=O)(=O)c1ccccc1OC1CCCC1CN. The van der Waals surface area contributed by atoms with Crippen molar-refractivity contribution < 1.29 is 13.2 Å². The molecule has 6 heteroatoms. The van der Waals surface area contributed by atoms with Gasteiger partial charge in [-0.05, 0) is 37.9 Å². The molecule has 1 aliphatic carbocycles. The number of hydrogen-bond donors (Lipinski definition) is 1. The number of hydrogen-bond acceptors (Lipinski definition) is 4. The van der Waals surface area contributed by atoms with Gasteiger partial charge in [-0.1, -0.05) is 12.1 Å². The van der Waals surface area contributed by atoms with Crippen molar-refractivity contribution in [1.82, 2.24) is 4.31 Å². The second-order valence-electron chi connectivity index (χ2n) is 5.32. The Morgan fingerprint density at radius 2 is 2.00 bits per heavy atom. The third kappa shape index (κ3) is 2.97. The Morgan fingerprint density at radius 1 is 1.30 bits per heavy atom. The molecule has 0 bridgehead atoms. The average molecular weight is 298 g/mol. The van der Waals surface area contributed by atoms with Gasteiger partial charge in [0.25, 0.3) is 0 Å². The second-order valence-corrected chi connectivity index (χ2v) is 7.44. The molecule has 0 aromatic heterocycles. The van der Waals surface area contributed by atoms with Gasteiger partial charge in [0.2, 0.25) is 10.0 Å². The maximum atomic E-state index is 12.3. The minimum Gasteiger partial charge on any atom is -0.489 e. The fraction of sp³-hybridized carbons (Fsp3) is 0.571. The first-order valence-corrected chi connectivity index (χ1v) is 8.29. The lowest BCUT2D eigenvalue weighted by atomic mass is 10.1. The molecule has 2 rings (SSSR count). The Kier molecular flexibility index (Phi) is 4.67. The van der Waals surface area contributed by atoms with E-state index in [4.69, 9.17) is 10.5 Å². The summed E-state index contributed by atoms with van der Waals surface area (Å²) in [6.45, 7) is 0.577. The van der Waals surface area contributed by atoms with Crippen molar-refractivity contribution in [3.05, 3.63) is 24.3 Å². The van der Waals surface area contributed by atoms with Gasteiger partial charge in [0.1, 0.15) is 16.7 Å². The van der Waals surface area contributed by atoms with E-state index in [1.165, 1.54) is 18.4 Å². The smallest absolute Gasteiger partial charge is 0.246 e. The molecular formula is C14H22N2O3S. The predicted octanol–water partition coefficient (Wildman–Crippen LogP) is 1.44. The number of para-hydroxylation sites is 1. The third-order valence-corrected chi connectivity index (χ3v) is 5.63. The number of nitrogens with two attached hydrogens (primary N) is 1. The maximum Gasteiger partial charge on any atom is 0.246 e. The van der Waals surface area contributed by atoms with Gasteiger partial charge in [-0.25, -0.2) is 12.7 Å². The van der Waals surface area contributed by atoms with E-state index in [0.717, 1.165) is 19.3 Å². The van der Waals surface area contributed by atoms with Gasteiger partial charge in [-0.3, -0.25) is 0 Å². The first kappa shape index (κ1) is 15.3. The molecule has 1 aromatic rings. The lowest BCUT2D eigenvalue weighted by Gasteiger charge is -2.22. The Morgan fingerprint density at radius 3 is 2.65 bits per heavy atom. The summed E-state index contributed by atoms with van der Waals surface area (Å²) in [4.78, 5) is 0.215. The molecule has 1 fully saturated rings. The van der Waals surface area contributed by atoms with Crippen LogP contribution in [0.4, 0.5) is 0 Å². The van der Waals surface area contributed by atoms with E-state index in [1.54, 1.807) is 24.3 Å². The maximum absolute atomic E-state index is 12.3. The third-order valence-electron chi connectivity index (χ3n) is 3.78. The van der Waals surface area contributed by atoms with Gasteiger partial charge in [-0.2, -0.15) is 0 Å². The minimum atomic E-state index is -3.50. The van der Waals surface area contributed by atoms with Crippen LogP contribution in [0.25, 0.3) is 0 Å². The largest absolute Gasteiger partial charge is 0.489 e. The molecule has 0 saturated heterocycles. The van der Waals surface area contributed by atoms with Crippen LogP contribution in [0.15, 0.2) is 29.2 Å². The summed E-state index contributed by atoms with van der Waals surface area (Å²) >= 11 is 0. The molecule has 0 spiro atoms. The molecule has 1 saturated carbocycles. The van der Waals surface area contributed by atoms with E-state index in [9.17, 15) is 8.42 Å². The molecule has 2 N–H and O–H groups in total. The Labute approximate surface area is 120 Å². The van der Waals surface area contributed by atoms with Crippen molar-refractivity contribution in [1.29, 1.82) is 0 Å². The first-order chi connectivity index (χ1) is 9.46. The molecule has 20 heavy (non-hydrogen) atoms. The topological polar surface area (TPSA) is 72.6 Å². The van der Waals surface area contributed by atoms with Gasteiger partial charge >= 0.3 is 0 Å². The lowest BCUT2D eigenvalue weighted by molar-refractivity contribution is 0.158. The van der Waals surface area contributed by atoms with Crippen LogP contribution >= 0.6 is 0 Å². The van der Waals surface area contributed by atoms with Crippen LogP contribution in [0, 0.1) is 5.92 Å². The predicted molar refractivity (Wildman–Crippen MR) is 78.1 cm³/mol. The molecule has 0 amide bonds. The van der Waals surface area contributed by atoms with Crippen LogP contribution in [0.5, 0.6) is 5.75 Å². The van der Waals surface area contributed by atoms with E-state index in [1.807, 2.05) is 0 Å². The van der Waals surface area contributed by atoms with E-state index in [-0.39, 0.29) is 11.0 Å². The highest BCUT2D eigenvalue weighted by Gasteiger charge is 2.30. The summed E-state index contributed by atoms with van der Waals surface area (Å²) in [5, 5.41) is 0. The fourth-order valence-electron chi connectivity index (χ4n) is 2.55. The molecule has 1 aliphatic rings. The minimum absolute atomic E-state index is 0.0125. The zero-order valence-electron chi connectivity index (χ0n) is 12.0. The number of ether oxygens (including phenoxy) is 1. The van der Waals surface area contributed by atoms with Crippen molar-refractivity contribution in [3.8, 4) is 5.75 Å². The van der Waals surface area contributed by atoms with E-state index in [0.29, 0.717) is 18.2 Å². The Balaban J connectivity index is 2.29. The number of sulfonamides is 1. The van der Waals surface area contributed by atoms with E-state index >= 15 is 0 Å². The van der Waals surface area contributed by atoms with Gasteiger partial charge < -0.3 is 10.5 Å². The zero-order chi connectivity index (χ0) is 14.8. The van der Waals surface area contributed by atoms with Crippen LogP contribution in [-0.4, -0.2) is 39.5 Å². The van der Waals surface area contributed by atoms with Gasteiger partial charge in [0, 0.05) is 20.0 Å². The molecule has 2 unspecified atom stereocenters. The highest BCUT2D eigenvalue weighted by Crippen LogP contribution is 2.32. The lowest BCUT2D eigenvalue weighted by Crippen LogP contribution is -2.29. The highest BCUT2D eigenvalue weighted by atomic mass is 32.2. The fourth-order valence-corrected chi connectivity index (χ4v) is 3.56. The quantitative estimate of drug-likeness (QED) is 0.893. The molecular weight excluding hydrogens is 276 g/mol. The summed E-state index contributed by atoms with van der Waals surface area (Å²) < 4.78 is 31.8. The van der Waals surface area contributed by atoms with Crippen molar-refractivity contribution in [2.75, 3.05) is 20.6 Å². The summed E-state index contributed by atoms with van der Waals surface area (Å²) in [5.41, 5.74) is 5.74. The first-order valence-electron chi connectivity index (χ1n) is 6.85. The summed E-state index contributed by atoms with van der Waals surface area (Å²) in [7, 11) is -0.460. The summed E-state index contributed by atoms with van der Waals surface area (Å²) in [6.07, 6.45) is 3.07. The van der Waals surface area contributed by atoms with Crippen molar-refractivity contribution in [2.45, 2.75) is 30.3 Å².